The van der Waals surface area contributed by atoms with E-state index in [9.17, 15) is 14.4 Å². The Hall–Kier alpha value is -2.49. The van der Waals surface area contributed by atoms with E-state index in [1.165, 1.54) is 7.11 Å². The largest absolute Gasteiger partial charge is 1.00 e. The van der Waals surface area contributed by atoms with Crippen molar-refractivity contribution in [3.05, 3.63) is 46.1 Å². The normalized spacial score (nSPS) is 10.1. The van der Waals surface area contributed by atoms with Crippen molar-refractivity contribution in [2.24, 2.45) is 0 Å². The number of hydrogen-bond donors (Lipinski definition) is 1. The van der Waals surface area contributed by atoms with Gasteiger partial charge < -0.3 is 31.9 Å². The van der Waals surface area contributed by atoms with E-state index >= 15 is 0 Å². The number of nitrogens with one attached hydrogen (secondary N) is 1. The van der Waals surface area contributed by atoms with Gasteiger partial charge in [-0.1, -0.05) is 0 Å². The summed E-state index contributed by atoms with van der Waals surface area (Å²) in [6.07, 6.45) is 3.61. The van der Waals surface area contributed by atoms with Crippen molar-refractivity contribution in [1.29, 1.82) is 0 Å². The lowest BCUT2D eigenvalue weighted by Crippen LogP contribution is -3.00. The molecule has 0 unspecified atom stereocenters. The lowest BCUT2D eigenvalue weighted by molar-refractivity contribution is -0.684. The highest BCUT2D eigenvalue weighted by Gasteiger charge is 2.28. The van der Waals surface area contributed by atoms with E-state index in [2.05, 4.69) is 5.32 Å². The molecule has 0 saturated carbocycles. The molecule has 1 amide bonds. The van der Waals surface area contributed by atoms with Crippen molar-refractivity contribution in [3.8, 4) is 0 Å². The van der Waals surface area contributed by atoms with Gasteiger partial charge in [0.15, 0.2) is 12.4 Å². The van der Waals surface area contributed by atoms with Gasteiger partial charge >= 0.3 is 11.9 Å². The zero-order valence-electron chi connectivity index (χ0n) is 17.3. The SMILES string of the molecule is CCOC(=O)c1c(NC(=O)C[n+]2cccc(C)c2)sc(C(=O)OCCOC)c1C.[Cl-]. The van der Waals surface area contributed by atoms with Gasteiger partial charge in [0.25, 0.3) is 5.91 Å². The molecule has 0 bridgehead atoms. The van der Waals surface area contributed by atoms with Crippen LogP contribution in [0.4, 0.5) is 5.00 Å². The molecule has 0 radical (unpaired) electrons. The second-order valence-corrected chi connectivity index (χ2v) is 7.23. The number of nitrogens with zero attached hydrogens (tertiary/aromatic N) is 1. The molecular formula is C20H25ClN2O6S. The summed E-state index contributed by atoms with van der Waals surface area (Å²) in [5.74, 6) is -1.51. The molecule has 0 aliphatic rings. The van der Waals surface area contributed by atoms with Crippen LogP contribution in [-0.2, 0) is 25.5 Å². The average molecular weight is 457 g/mol. The molecule has 2 aromatic heterocycles. The Bertz CT molecular complexity index is 899. The molecule has 1 N–H and O–H groups in total. The van der Waals surface area contributed by atoms with E-state index in [1.807, 2.05) is 25.3 Å². The Labute approximate surface area is 185 Å². The van der Waals surface area contributed by atoms with Crippen LogP contribution in [0.25, 0.3) is 0 Å². The van der Waals surface area contributed by atoms with E-state index < -0.39 is 11.9 Å². The lowest BCUT2D eigenvalue weighted by Gasteiger charge is -2.06. The highest BCUT2D eigenvalue weighted by Crippen LogP contribution is 2.34. The summed E-state index contributed by atoms with van der Waals surface area (Å²) in [5.41, 5.74) is 1.59. The molecule has 2 aromatic rings. The van der Waals surface area contributed by atoms with Crippen LogP contribution in [0.3, 0.4) is 0 Å². The molecule has 0 fully saturated rings. The number of aryl methyl sites for hydroxylation is 1. The van der Waals surface area contributed by atoms with Gasteiger partial charge in [-0.3, -0.25) is 4.79 Å². The predicted molar refractivity (Wildman–Crippen MR) is 107 cm³/mol. The smallest absolute Gasteiger partial charge is 0.348 e. The first-order valence-electron chi connectivity index (χ1n) is 9.09. The summed E-state index contributed by atoms with van der Waals surface area (Å²) in [7, 11) is 1.50. The molecule has 10 heteroatoms. The fourth-order valence-electron chi connectivity index (χ4n) is 2.61. The molecule has 0 atom stereocenters. The van der Waals surface area contributed by atoms with E-state index in [-0.39, 0.29) is 60.1 Å². The van der Waals surface area contributed by atoms with Crippen LogP contribution in [0.1, 0.15) is 38.1 Å². The van der Waals surface area contributed by atoms with Gasteiger partial charge in [0.2, 0.25) is 6.54 Å². The van der Waals surface area contributed by atoms with Crippen LogP contribution < -0.4 is 22.3 Å². The topological polar surface area (TPSA) is 94.8 Å². The number of halogens is 1. The van der Waals surface area contributed by atoms with Crippen LogP contribution in [0.2, 0.25) is 0 Å². The monoisotopic (exact) mass is 456 g/mol. The quantitative estimate of drug-likeness (QED) is 0.304. The highest BCUT2D eigenvalue weighted by atomic mass is 35.5. The summed E-state index contributed by atoms with van der Waals surface area (Å²) in [5, 5.41) is 2.99. The number of amides is 1. The van der Waals surface area contributed by atoms with Crippen LogP contribution in [0.15, 0.2) is 24.5 Å². The Balaban J connectivity index is 0.00000450. The van der Waals surface area contributed by atoms with Crippen LogP contribution in [0.5, 0.6) is 0 Å². The molecule has 2 rings (SSSR count). The third-order valence-corrected chi connectivity index (χ3v) is 5.10. The number of carbonyl (C=O) groups is 3. The first kappa shape index (κ1) is 25.5. The maximum absolute atomic E-state index is 12.5. The molecule has 2 heterocycles. The third-order valence-electron chi connectivity index (χ3n) is 3.92. The second-order valence-electron chi connectivity index (χ2n) is 6.21. The molecule has 30 heavy (non-hydrogen) atoms. The van der Waals surface area contributed by atoms with E-state index in [0.29, 0.717) is 5.56 Å². The van der Waals surface area contributed by atoms with Crippen molar-refractivity contribution >= 4 is 34.2 Å². The number of rotatable bonds is 9. The minimum absolute atomic E-state index is 0. The van der Waals surface area contributed by atoms with Crippen molar-refractivity contribution in [2.45, 2.75) is 27.3 Å². The van der Waals surface area contributed by atoms with E-state index in [0.717, 1.165) is 16.9 Å². The number of anilines is 1. The molecule has 8 nitrogen and oxygen atoms in total. The number of esters is 2. The molecule has 0 spiro atoms. The van der Waals surface area contributed by atoms with Gasteiger partial charge in [-0.2, -0.15) is 4.57 Å². The number of pyridine rings is 1. The van der Waals surface area contributed by atoms with Crippen molar-refractivity contribution in [2.75, 3.05) is 32.2 Å². The number of aromatic nitrogens is 1. The highest BCUT2D eigenvalue weighted by molar-refractivity contribution is 7.18. The van der Waals surface area contributed by atoms with Gasteiger partial charge in [0.1, 0.15) is 16.5 Å². The predicted octanol–water partition coefficient (Wildman–Crippen LogP) is -0.725. The lowest BCUT2D eigenvalue weighted by atomic mass is 10.1. The number of hydrogen-bond acceptors (Lipinski definition) is 7. The summed E-state index contributed by atoms with van der Waals surface area (Å²) in [6, 6.07) is 3.77. The van der Waals surface area contributed by atoms with Crippen LogP contribution in [0, 0.1) is 13.8 Å². The summed E-state index contributed by atoms with van der Waals surface area (Å²) in [6.45, 7) is 5.83. The number of thiophene rings is 1. The van der Waals surface area contributed by atoms with Crippen molar-refractivity contribution in [1.82, 2.24) is 0 Å². The average Bonchev–Trinajstić information content (AvgIpc) is 2.98. The van der Waals surface area contributed by atoms with Gasteiger partial charge in [0.05, 0.1) is 18.8 Å². The Morgan fingerprint density at radius 1 is 1.13 bits per heavy atom. The summed E-state index contributed by atoms with van der Waals surface area (Å²) >= 11 is 0.991. The van der Waals surface area contributed by atoms with Crippen LogP contribution >= 0.6 is 11.3 Å². The first-order chi connectivity index (χ1) is 13.9. The molecule has 0 saturated heterocycles. The zero-order valence-corrected chi connectivity index (χ0v) is 18.9. The number of ether oxygens (including phenoxy) is 3. The van der Waals surface area contributed by atoms with Crippen LogP contribution in [-0.4, -0.2) is 44.8 Å². The maximum Gasteiger partial charge on any atom is 0.348 e. The van der Waals surface area contributed by atoms with E-state index in [1.54, 1.807) is 24.6 Å². The van der Waals surface area contributed by atoms with Gasteiger partial charge in [-0.15, -0.1) is 11.3 Å². The Morgan fingerprint density at radius 2 is 1.87 bits per heavy atom. The minimum atomic E-state index is -0.601. The Morgan fingerprint density at radius 3 is 2.50 bits per heavy atom. The number of carbonyl (C=O) groups excluding carboxylic acids is 3. The van der Waals surface area contributed by atoms with Gasteiger partial charge in [-0.25, -0.2) is 9.59 Å². The van der Waals surface area contributed by atoms with E-state index in [4.69, 9.17) is 14.2 Å². The number of methoxy groups -OCH3 is 1. The second kappa shape index (κ2) is 12.3. The molecular weight excluding hydrogens is 432 g/mol. The minimum Gasteiger partial charge on any atom is -1.00 e. The van der Waals surface area contributed by atoms with Gasteiger partial charge in [-0.05, 0) is 32.4 Å². The maximum atomic E-state index is 12.5. The fourth-order valence-corrected chi connectivity index (χ4v) is 3.72. The molecule has 164 valence electrons. The standard InChI is InChI=1S/C20H24N2O6S.ClH/c1-5-27-19(24)16-14(3)17(20(25)28-10-9-26-4)29-18(16)21-15(23)12-22-8-6-7-13(2)11-22;/h6-8,11H,5,9-10,12H2,1-4H3;1H. The molecule has 0 aliphatic heterocycles. The van der Waals surface area contributed by atoms with Gasteiger partial charge in [0, 0.05) is 18.7 Å². The fraction of sp³-hybridized carbons (Fsp3) is 0.400. The van der Waals surface area contributed by atoms with Crippen molar-refractivity contribution in [3.63, 3.8) is 0 Å². The summed E-state index contributed by atoms with van der Waals surface area (Å²) < 4.78 is 16.8. The Kier molecular flexibility index (Phi) is 10.4. The zero-order chi connectivity index (χ0) is 21.4. The summed E-state index contributed by atoms with van der Waals surface area (Å²) in [4.78, 5) is 37.5. The molecule has 0 aliphatic carbocycles. The molecule has 0 aromatic carbocycles. The van der Waals surface area contributed by atoms with Crippen molar-refractivity contribution < 1.29 is 45.6 Å². The first-order valence-corrected chi connectivity index (χ1v) is 9.91. The third kappa shape index (κ3) is 6.79.